The van der Waals surface area contributed by atoms with Crippen LogP contribution in [0.1, 0.15) is 17.4 Å². The van der Waals surface area contributed by atoms with Crippen molar-refractivity contribution in [1.29, 1.82) is 5.26 Å². The van der Waals surface area contributed by atoms with E-state index in [4.69, 9.17) is 5.26 Å². The quantitative estimate of drug-likeness (QED) is 0.607. The van der Waals surface area contributed by atoms with Gasteiger partial charge in [0.2, 0.25) is 0 Å². The molecular formula is C20H17N3O3S. The Morgan fingerprint density at radius 1 is 1.15 bits per heavy atom. The first-order chi connectivity index (χ1) is 12.9. The first-order valence-corrected chi connectivity index (χ1v) is 9.02. The number of aliphatic hydroxyl groups is 1. The first kappa shape index (κ1) is 18.6. The lowest BCUT2D eigenvalue weighted by Gasteiger charge is -2.22. The lowest BCUT2D eigenvalue weighted by Crippen LogP contribution is -2.43. The number of hydrogen-bond donors (Lipinski definition) is 3. The second-order valence-electron chi connectivity index (χ2n) is 6.22. The number of hydrogen-bond acceptors (Lipinski definition) is 5. The zero-order valence-corrected chi connectivity index (χ0v) is 15.3. The fourth-order valence-electron chi connectivity index (χ4n) is 2.54. The number of nitrogens with zero attached hydrogens (tertiary/aromatic N) is 1. The topological polar surface area (TPSA) is 102 Å². The number of para-hydroxylation sites is 1. The van der Waals surface area contributed by atoms with Gasteiger partial charge in [-0.2, -0.15) is 5.26 Å². The number of nitrogens with one attached hydrogen (secondary N) is 2. The molecule has 1 heterocycles. The molecule has 2 aromatic carbocycles. The number of carbonyl (C=O) groups excluding carboxylic acids is 2. The van der Waals surface area contributed by atoms with Crippen molar-refractivity contribution in [3.63, 3.8) is 0 Å². The van der Waals surface area contributed by atoms with Gasteiger partial charge in [-0.1, -0.05) is 30.3 Å². The number of fused-ring (bicyclic) bond motifs is 1. The normalized spacial score (nSPS) is 12.8. The van der Waals surface area contributed by atoms with Crippen LogP contribution in [0.5, 0.6) is 0 Å². The fraction of sp³-hybridized carbons (Fsp3) is 0.150. The Morgan fingerprint density at radius 2 is 1.85 bits per heavy atom. The van der Waals surface area contributed by atoms with E-state index in [2.05, 4.69) is 10.6 Å². The van der Waals surface area contributed by atoms with Gasteiger partial charge in [0.15, 0.2) is 0 Å². The van der Waals surface area contributed by atoms with Crippen LogP contribution in [-0.4, -0.2) is 23.5 Å². The van der Waals surface area contributed by atoms with Crippen LogP contribution in [0.4, 0.5) is 5.69 Å². The SMILES string of the molecule is CC(O)(CNC(=O)C(=O)Nc1ccccc1C#N)c1cc2ccccc2s1. The van der Waals surface area contributed by atoms with E-state index in [-0.39, 0.29) is 17.8 Å². The molecule has 0 aliphatic carbocycles. The minimum Gasteiger partial charge on any atom is -0.383 e. The Bertz CT molecular complexity index is 1020. The van der Waals surface area contributed by atoms with Crippen molar-refractivity contribution < 1.29 is 14.7 Å². The van der Waals surface area contributed by atoms with Crippen molar-refractivity contribution in [2.45, 2.75) is 12.5 Å². The van der Waals surface area contributed by atoms with E-state index < -0.39 is 17.4 Å². The first-order valence-electron chi connectivity index (χ1n) is 8.20. The van der Waals surface area contributed by atoms with Gasteiger partial charge >= 0.3 is 11.8 Å². The van der Waals surface area contributed by atoms with Crippen molar-refractivity contribution >= 4 is 38.9 Å². The average Bonchev–Trinajstić information content (AvgIpc) is 3.12. The van der Waals surface area contributed by atoms with Crippen molar-refractivity contribution in [3.8, 4) is 6.07 Å². The van der Waals surface area contributed by atoms with Gasteiger partial charge in [0.25, 0.3) is 0 Å². The summed E-state index contributed by atoms with van der Waals surface area (Å²) in [5.41, 5.74) is -0.795. The van der Waals surface area contributed by atoms with Crippen LogP contribution in [0.2, 0.25) is 0 Å². The highest BCUT2D eigenvalue weighted by Crippen LogP contribution is 2.32. The second kappa shape index (κ2) is 7.58. The number of benzene rings is 2. The summed E-state index contributed by atoms with van der Waals surface area (Å²) in [5, 5.41) is 25.6. The van der Waals surface area contributed by atoms with Crippen molar-refractivity contribution in [2.75, 3.05) is 11.9 Å². The highest BCUT2D eigenvalue weighted by molar-refractivity contribution is 7.19. The van der Waals surface area contributed by atoms with Crippen LogP contribution >= 0.6 is 11.3 Å². The maximum atomic E-state index is 12.1. The van der Waals surface area contributed by atoms with Crippen LogP contribution in [-0.2, 0) is 15.2 Å². The number of thiophene rings is 1. The average molecular weight is 379 g/mol. The van der Waals surface area contributed by atoms with E-state index in [0.717, 1.165) is 10.1 Å². The molecule has 7 heteroatoms. The Kier molecular flexibility index (Phi) is 5.21. The minimum atomic E-state index is -1.32. The van der Waals surface area contributed by atoms with Crippen molar-refractivity contribution in [1.82, 2.24) is 5.32 Å². The summed E-state index contributed by atoms with van der Waals surface area (Å²) in [5.74, 6) is -1.78. The molecule has 1 aromatic heterocycles. The third-order valence-electron chi connectivity index (χ3n) is 4.05. The van der Waals surface area contributed by atoms with E-state index >= 15 is 0 Å². The van der Waals surface area contributed by atoms with Crippen molar-refractivity contribution in [2.24, 2.45) is 0 Å². The summed E-state index contributed by atoms with van der Waals surface area (Å²) in [6, 6.07) is 18.0. The smallest absolute Gasteiger partial charge is 0.313 e. The fourth-order valence-corrected chi connectivity index (χ4v) is 3.64. The molecule has 0 fully saturated rings. The Balaban J connectivity index is 1.65. The zero-order chi connectivity index (χ0) is 19.4. The molecule has 3 N–H and O–H groups in total. The van der Waals surface area contributed by atoms with Crippen LogP contribution in [0, 0.1) is 11.3 Å². The minimum absolute atomic E-state index is 0.119. The Hall–Kier alpha value is -3.21. The highest BCUT2D eigenvalue weighted by atomic mass is 32.1. The molecule has 6 nitrogen and oxygen atoms in total. The largest absolute Gasteiger partial charge is 0.383 e. The molecule has 0 aliphatic heterocycles. The zero-order valence-electron chi connectivity index (χ0n) is 14.5. The molecule has 27 heavy (non-hydrogen) atoms. The molecule has 0 aliphatic rings. The molecule has 1 atom stereocenters. The van der Waals surface area contributed by atoms with E-state index in [1.54, 1.807) is 25.1 Å². The van der Waals surface area contributed by atoms with Crippen molar-refractivity contribution in [3.05, 3.63) is 65.0 Å². The summed E-state index contributed by atoms with van der Waals surface area (Å²) in [6.45, 7) is 1.47. The molecule has 0 spiro atoms. The highest BCUT2D eigenvalue weighted by Gasteiger charge is 2.27. The standard InChI is InChI=1S/C20H17N3O3S/c1-20(26,17-10-13-6-3-5-9-16(13)27-17)12-22-18(24)19(25)23-15-8-4-2-7-14(15)11-21/h2-10,26H,12H2,1H3,(H,22,24)(H,23,25). The molecule has 2 amide bonds. The Morgan fingerprint density at radius 3 is 2.59 bits per heavy atom. The summed E-state index contributed by atoms with van der Waals surface area (Å²) in [7, 11) is 0. The molecule has 136 valence electrons. The molecule has 0 radical (unpaired) electrons. The third kappa shape index (κ3) is 4.14. The van der Waals surface area contributed by atoms with Gasteiger partial charge in [-0.05, 0) is 36.6 Å². The molecule has 0 saturated heterocycles. The molecule has 0 bridgehead atoms. The van der Waals surface area contributed by atoms with Gasteiger partial charge in [0.05, 0.1) is 17.8 Å². The summed E-state index contributed by atoms with van der Waals surface area (Å²) >= 11 is 1.43. The summed E-state index contributed by atoms with van der Waals surface area (Å²) in [6.07, 6.45) is 0. The summed E-state index contributed by atoms with van der Waals surface area (Å²) < 4.78 is 1.03. The van der Waals surface area contributed by atoms with Gasteiger partial charge in [-0.3, -0.25) is 9.59 Å². The summed E-state index contributed by atoms with van der Waals surface area (Å²) in [4.78, 5) is 24.8. The number of rotatable bonds is 4. The van der Waals surface area contributed by atoms with Crippen LogP contribution in [0.15, 0.2) is 54.6 Å². The molecule has 3 aromatic rings. The van der Waals surface area contributed by atoms with Gasteiger partial charge in [-0.15, -0.1) is 11.3 Å². The predicted molar refractivity (Wildman–Crippen MR) is 104 cm³/mol. The Labute approximate surface area is 160 Å². The van der Waals surface area contributed by atoms with Crippen LogP contribution in [0.25, 0.3) is 10.1 Å². The second-order valence-corrected chi connectivity index (χ2v) is 7.30. The van der Waals surface area contributed by atoms with E-state index in [9.17, 15) is 14.7 Å². The molecular weight excluding hydrogens is 362 g/mol. The lowest BCUT2D eigenvalue weighted by molar-refractivity contribution is -0.136. The van der Waals surface area contributed by atoms with Gasteiger partial charge in [-0.25, -0.2) is 0 Å². The molecule has 1 unspecified atom stereocenters. The van der Waals surface area contributed by atoms with Crippen LogP contribution < -0.4 is 10.6 Å². The number of amides is 2. The van der Waals surface area contributed by atoms with E-state index in [1.807, 2.05) is 36.4 Å². The monoisotopic (exact) mass is 379 g/mol. The molecule has 0 saturated carbocycles. The van der Waals surface area contributed by atoms with Crippen LogP contribution in [0.3, 0.4) is 0 Å². The van der Waals surface area contributed by atoms with Gasteiger partial charge in [0, 0.05) is 9.58 Å². The predicted octanol–water partition coefficient (Wildman–Crippen LogP) is 2.74. The van der Waals surface area contributed by atoms with E-state index in [1.165, 1.54) is 17.4 Å². The number of carbonyl (C=O) groups is 2. The van der Waals surface area contributed by atoms with Gasteiger partial charge in [0.1, 0.15) is 11.7 Å². The maximum absolute atomic E-state index is 12.1. The molecule has 3 rings (SSSR count). The van der Waals surface area contributed by atoms with E-state index in [0.29, 0.717) is 4.88 Å². The lowest BCUT2D eigenvalue weighted by atomic mass is 10.0. The third-order valence-corrected chi connectivity index (χ3v) is 5.42. The van der Waals surface area contributed by atoms with Gasteiger partial charge < -0.3 is 15.7 Å². The number of nitriles is 1. The maximum Gasteiger partial charge on any atom is 0.313 e. The number of anilines is 1.